The van der Waals surface area contributed by atoms with Gasteiger partial charge >= 0.3 is 0 Å². The second-order valence-corrected chi connectivity index (χ2v) is 4.49. The predicted molar refractivity (Wildman–Crippen MR) is 60.9 cm³/mol. The van der Waals surface area contributed by atoms with Gasteiger partial charge in [0.2, 0.25) is 6.33 Å². The highest BCUT2D eigenvalue weighted by Crippen LogP contribution is 2.19. The molecule has 0 saturated heterocycles. The third-order valence-corrected chi connectivity index (χ3v) is 3.27. The number of hydrogen-bond acceptors (Lipinski definition) is 1. The third-order valence-electron chi connectivity index (χ3n) is 3.27. The lowest BCUT2D eigenvalue weighted by molar-refractivity contribution is -0.716. The van der Waals surface area contributed by atoms with E-state index in [0.29, 0.717) is 6.04 Å². The Labute approximate surface area is 95.3 Å². The maximum absolute atomic E-state index is 4.46. The van der Waals surface area contributed by atoms with E-state index < -0.39 is 0 Å². The normalized spacial score (nSPS) is 18.7. The van der Waals surface area contributed by atoms with E-state index in [1.807, 2.05) is 11.7 Å². The maximum Gasteiger partial charge on any atom is 0.277 e. The summed E-state index contributed by atoms with van der Waals surface area (Å²) in [4.78, 5) is 0. The molecular weight excluding hydrogens is 198 g/mol. The van der Waals surface area contributed by atoms with Crippen LogP contribution in [-0.2, 0) is 19.9 Å². The van der Waals surface area contributed by atoms with Crippen molar-refractivity contribution < 1.29 is 4.57 Å². The Morgan fingerprint density at radius 3 is 3.00 bits per heavy atom. The van der Waals surface area contributed by atoms with Gasteiger partial charge in [-0.15, -0.1) is 4.68 Å². The molecule has 1 aliphatic heterocycles. The zero-order valence-corrected chi connectivity index (χ0v) is 9.50. The molecule has 2 aromatic rings. The largest absolute Gasteiger partial charge is 0.277 e. The van der Waals surface area contributed by atoms with E-state index in [9.17, 15) is 0 Å². The Morgan fingerprint density at radius 1 is 1.38 bits per heavy atom. The molecule has 0 bridgehead atoms. The van der Waals surface area contributed by atoms with Gasteiger partial charge in [-0.2, -0.15) is 0 Å². The summed E-state index contributed by atoms with van der Waals surface area (Å²) < 4.78 is 4.24. The fourth-order valence-corrected chi connectivity index (χ4v) is 2.51. The Bertz CT molecular complexity index is 487. The Kier molecular flexibility index (Phi) is 2.24. The summed E-state index contributed by atoms with van der Waals surface area (Å²) in [5, 5.41) is 4.46. The third kappa shape index (κ3) is 1.62. The van der Waals surface area contributed by atoms with Crippen molar-refractivity contribution in [3.8, 4) is 0 Å². The van der Waals surface area contributed by atoms with Gasteiger partial charge < -0.3 is 0 Å². The van der Waals surface area contributed by atoms with Crippen LogP contribution in [0.5, 0.6) is 0 Å². The lowest BCUT2D eigenvalue weighted by Crippen LogP contribution is -2.37. The lowest BCUT2D eigenvalue weighted by atomic mass is 10.0. The molecule has 1 aromatic heterocycles. The van der Waals surface area contributed by atoms with Crippen LogP contribution in [0, 0.1) is 0 Å². The number of rotatable bonds is 2. The Hall–Kier alpha value is -1.64. The molecule has 1 aliphatic rings. The molecule has 0 aliphatic carbocycles. The molecule has 0 saturated carbocycles. The van der Waals surface area contributed by atoms with Crippen LogP contribution in [0.2, 0.25) is 0 Å². The van der Waals surface area contributed by atoms with Gasteiger partial charge in [-0.25, -0.2) is 4.57 Å². The highest BCUT2D eigenvalue weighted by Gasteiger charge is 2.30. The van der Waals surface area contributed by atoms with Crippen LogP contribution in [0.3, 0.4) is 0 Å². The minimum absolute atomic E-state index is 0.589. The molecule has 0 amide bonds. The average Bonchev–Trinajstić information content (AvgIpc) is 2.81. The van der Waals surface area contributed by atoms with Gasteiger partial charge in [-0.05, 0) is 12.0 Å². The van der Waals surface area contributed by atoms with Crippen LogP contribution in [-0.4, -0.2) is 9.78 Å². The highest BCUT2D eigenvalue weighted by molar-refractivity contribution is 5.15. The smallest absolute Gasteiger partial charge is 0.231 e. The van der Waals surface area contributed by atoms with Gasteiger partial charge in [0, 0.05) is 17.9 Å². The molecule has 3 rings (SSSR count). The second-order valence-electron chi connectivity index (χ2n) is 4.49. The van der Waals surface area contributed by atoms with Crippen LogP contribution in [0.4, 0.5) is 0 Å². The summed E-state index contributed by atoms with van der Waals surface area (Å²) in [6.45, 7) is 0. The summed E-state index contributed by atoms with van der Waals surface area (Å²) in [7, 11) is 1.99. The van der Waals surface area contributed by atoms with Gasteiger partial charge in [-0.1, -0.05) is 30.3 Å². The molecule has 2 heterocycles. The summed E-state index contributed by atoms with van der Waals surface area (Å²) in [6, 6.07) is 11.3. The predicted octanol–water partition coefficient (Wildman–Crippen LogP) is 1.44. The van der Waals surface area contributed by atoms with E-state index in [0.717, 1.165) is 12.8 Å². The zero-order valence-electron chi connectivity index (χ0n) is 9.50. The van der Waals surface area contributed by atoms with E-state index in [4.69, 9.17) is 0 Å². The monoisotopic (exact) mass is 214 g/mol. The van der Waals surface area contributed by atoms with Crippen molar-refractivity contribution in [1.82, 2.24) is 9.78 Å². The quantitative estimate of drug-likeness (QED) is 0.693. The van der Waals surface area contributed by atoms with E-state index in [2.05, 4.69) is 46.3 Å². The minimum atomic E-state index is 0.589. The topological polar surface area (TPSA) is 21.7 Å². The Morgan fingerprint density at radius 2 is 2.19 bits per heavy atom. The minimum Gasteiger partial charge on any atom is -0.231 e. The van der Waals surface area contributed by atoms with Crippen molar-refractivity contribution in [2.75, 3.05) is 0 Å². The molecule has 3 heteroatoms. The van der Waals surface area contributed by atoms with Crippen LogP contribution in [0.1, 0.15) is 23.9 Å². The van der Waals surface area contributed by atoms with E-state index >= 15 is 0 Å². The van der Waals surface area contributed by atoms with Crippen molar-refractivity contribution in [1.29, 1.82) is 0 Å². The molecule has 0 N–H and O–H groups in total. The van der Waals surface area contributed by atoms with E-state index in [1.54, 1.807) is 0 Å². The maximum atomic E-state index is 4.46. The van der Waals surface area contributed by atoms with Gasteiger partial charge in [-0.3, -0.25) is 0 Å². The second kappa shape index (κ2) is 3.74. The molecule has 3 nitrogen and oxygen atoms in total. The SMILES string of the molecule is Cn1c[n+]2c(n1)CC[C@@H]2Cc1ccccc1. The first-order valence-electron chi connectivity index (χ1n) is 5.80. The summed E-state index contributed by atoms with van der Waals surface area (Å²) in [6.07, 6.45) is 5.55. The standard InChI is InChI=1S/C13H16N3/c1-15-10-16-12(7-8-13(16)14-15)9-11-5-3-2-4-6-11/h2-6,10,12H,7-9H2,1H3/q+1/t12-/m1/s1. The van der Waals surface area contributed by atoms with Gasteiger partial charge in [0.05, 0.1) is 13.1 Å². The first-order chi connectivity index (χ1) is 7.83. The Balaban J connectivity index is 1.83. The first-order valence-corrected chi connectivity index (χ1v) is 5.80. The van der Waals surface area contributed by atoms with Crippen LogP contribution >= 0.6 is 0 Å². The zero-order chi connectivity index (χ0) is 11.0. The van der Waals surface area contributed by atoms with E-state index in [-0.39, 0.29) is 0 Å². The van der Waals surface area contributed by atoms with Crippen molar-refractivity contribution in [2.45, 2.75) is 25.3 Å². The number of benzene rings is 1. The number of hydrogen-bond donors (Lipinski definition) is 0. The molecule has 82 valence electrons. The van der Waals surface area contributed by atoms with Gasteiger partial charge in [0.25, 0.3) is 5.82 Å². The summed E-state index contributed by atoms with van der Waals surface area (Å²) in [5.41, 5.74) is 1.41. The summed E-state index contributed by atoms with van der Waals surface area (Å²) in [5.74, 6) is 1.23. The summed E-state index contributed by atoms with van der Waals surface area (Å²) >= 11 is 0. The number of nitrogens with zero attached hydrogens (tertiary/aromatic N) is 3. The average molecular weight is 214 g/mol. The number of aromatic nitrogens is 3. The molecule has 1 atom stereocenters. The molecule has 0 radical (unpaired) electrons. The molecule has 1 aromatic carbocycles. The molecule has 16 heavy (non-hydrogen) atoms. The van der Waals surface area contributed by atoms with Crippen molar-refractivity contribution >= 4 is 0 Å². The fraction of sp³-hybridized carbons (Fsp3) is 0.385. The highest BCUT2D eigenvalue weighted by atomic mass is 15.4. The fourth-order valence-electron chi connectivity index (χ4n) is 2.51. The van der Waals surface area contributed by atoms with Gasteiger partial charge in [0.1, 0.15) is 0 Å². The van der Waals surface area contributed by atoms with E-state index in [1.165, 1.54) is 17.8 Å². The van der Waals surface area contributed by atoms with Crippen molar-refractivity contribution in [3.05, 3.63) is 48.0 Å². The number of aryl methyl sites for hydroxylation is 2. The molecular formula is C13H16N3+. The molecule has 0 unspecified atom stereocenters. The molecule has 0 spiro atoms. The first kappa shape index (κ1) is 9.58. The van der Waals surface area contributed by atoms with Crippen LogP contribution in [0.25, 0.3) is 0 Å². The molecule has 0 fully saturated rings. The van der Waals surface area contributed by atoms with Crippen molar-refractivity contribution in [3.63, 3.8) is 0 Å². The van der Waals surface area contributed by atoms with Crippen LogP contribution in [0.15, 0.2) is 36.7 Å². The van der Waals surface area contributed by atoms with Crippen molar-refractivity contribution in [2.24, 2.45) is 7.05 Å². The number of fused-ring (bicyclic) bond motifs is 1. The van der Waals surface area contributed by atoms with Gasteiger partial charge in [0.15, 0.2) is 0 Å². The lowest BCUT2D eigenvalue weighted by Gasteiger charge is -2.08. The van der Waals surface area contributed by atoms with Crippen LogP contribution < -0.4 is 4.57 Å².